The first-order valence-corrected chi connectivity index (χ1v) is 8.41. The van der Waals surface area contributed by atoms with Gasteiger partial charge in [-0.25, -0.2) is 9.37 Å². The molecule has 0 unspecified atom stereocenters. The van der Waals surface area contributed by atoms with E-state index >= 15 is 0 Å². The Labute approximate surface area is 160 Å². The van der Waals surface area contributed by atoms with Crippen LogP contribution in [0.5, 0.6) is 0 Å². The number of nitrogens with zero attached hydrogens (tertiary/aromatic N) is 1. The molecular formula is C20H15ClFN3O2. The molecule has 3 aromatic rings. The molecule has 1 heterocycles. The van der Waals surface area contributed by atoms with Gasteiger partial charge in [0.05, 0.1) is 16.3 Å². The number of hydrogen-bond donors (Lipinski definition) is 2. The standard InChI is InChI=1S/C20H15ClFN3O2/c1-12-8-9-23-18(10-12)25-19(26)13-6-7-15(21)17(11-13)24-20(27)14-4-2-3-5-16(14)22/h2-11H,1H3,(H,24,27)(H,23,25,26). The predicted octanol–water partition coefficient (Wildman–Crippen LogP) is 4.69. The third-order valence-electron chi connectivity index (χ3n) is 3.75. The molecule has 0 radical (unpaired) electrons. The molecule has 0 aliphatic rings. The van der Waals surface area contributed by atoms with Crippen LogP contribution >= 0.6 is 11.6 Å². The smallest absolute Gasteiger partial charge is 0.258 e. The number of carbonyl (C=O) groups excluding carboxylic acids is 2. The lowest BCUT2D eigenvalue weighted by Crippen LogP contribution is -2.16. The van der Waals surface area contributed by atoms with E-state index in [-0.39, 0.29) is 21.8 Å². The zero-order valence-electron chi connectivity index (χ0n) is 14.3. The Balaban J connectivity index is 1.81. The Morgan fingerprint density at radius 1 is 1.00 bits per heavy atom. The third-order valence-corrected chi connectivity index (χ3v) is 4.08. The Morgan fingerprint density at radius 2 is 1.78 bits per heavy atom. The molecule has 136 valence electrons. The summed E-state index contributed by atoms with van der Waals surface area (Å²) in [4.78, 5) is 28.8. The van der Waals surface area contributed by atoms with E-state index < -0.39 is 17.6 Å². The van der Waals surface area contributed by atoms with Crippen LogP contribution in [0.3, 0.4) is 0 Å². The number of anilines is 2. The molecule has 0 aliphatic heterocycles. The number of halogens is 2. The maximum absolute atomic E-state index is 13.8. The van der Waals surface area contributed by atoms with Gasteiger partial charge in [-0.3, -0.25) is 9.59 Å². The minimum atomic E-state index is -0.659. The second kappa shape index (κ2) is 7.97. The van der Waals surface area contributed by atoms with Crippen molar-refractivity contribution in [3.63, 3.8) is 0 Å². The van der Waals surface area contributed by atoms with Crippen molar-refractivity contribution in [2.45, 2.75) is 6.92 Å². The van der Waals surface area contributed by atoms with Gasteiger partial charge in [-0.1, -0.05) is 23.7 Å². The van der Waals surface area contributed by atoms with Gasteiger partial charge in [0.15, 0.2) is 0 Å². The number of pyridine rings is 1. The number of amides is 2. The van der Waals surface area contributed by atoms with Crippen molar-refractivity contribution in [3.8, 4) is 0 Å². The first-order chi connectivity index (χ1) is 12.9. The topological polar surface area (TPSA) is 71.1 Å². The van der Waals surface area contributed by atoms with Crippen molar-refractivity contribution in [2.24, 2.45) is 0 Å². The summed E-state index contributed by atoms with van der Waals surface area (Å²) in [5, 5.41) is 5.43. The van der Waals surface area contributed by atoms with Crippen LogP contribution in [-0.4, -0.2) is 16.8 Å². The van der Waals surface area contributed by atoms with Gasteiger partial charge in [-0.05, 0) is 55.0 Å². The molecule has 0 spiro atoms. The Morgan fingerprint density at radius 3 is 2.52 bits per heavy atom. The zero-order chi connectivity index (χ0) is 19.4. The second-order valence-corrected chi connectivity index (χ2v) is 6.21. The average Bonchev–Trinajstić information content (AvgIpc) is 2.63. The SMILES string of the molecule is Cc1ccnc(NC(=O)c2ccc(Cl)c(NC(=O)c3ccccc3F)c2)c1. The molecular weight excluding hydrogens is 369 g/mol. The molecule has 0 bridgehead atoms. The van der Waals surface area contributed by atoms with Gasteiger partial charge in [0, 0.05) is 11.8 Å². The van der Waals surface area contributed by atoms with Gasteiger partial charge in [-0.15, -0.1) is 0 Å². The number of hydrogen-bond acceptors (Lipinski definition) is 3. The highest BCUT2D eigenvalue weighted by atomic mass is 35.5. The number of aromatic nitrogens is 1. The molecule has 0 saturated heterocycles. The first-order valence-electron chi connectivity index (χ1n) is 8.03. The zero-order valence-corrected chi connectivity index (χ0v) is 15.0. The molecule has 2 N–H and O–H groups in total. The Bertz CT molecular complexity index is 1020. The highest BCUT2D eigenvalue weighted by Gasteiger charge is 2.15. The number of rotatable bonds is 4. The summed E-state index contributed by atoms with van der Waals surface area (Å²) in [6.07, 6.45) is 1.59. The average molecular weight is 384 g/mol. The van der Waals surface area contributed by atoms with Gasteiger partial charge >= 0.3 is 0 Å². The number of aryl methyl sites for hydroxylation is 1. The normalized spacial score (nSPS) is 10.3. The van der Waals surface area contributed by atoms with Crippen LogP contribution in [0.1, 0.15) is 26.3 Å². The summed E-state index contributed by atoms with van der Waals surface area (Å²) >= 11 is 6.10. The lowest BCUT2D eigenvalue weighted by Gasteiger charge is -2.10. The maximum Gasteiger partial charge on any atom is 0.258 e. The van der Waals surface area contributed by atoms with Crippen molar-refractivity contribution in [1.82, 2.24) is 4.98 Å². The molecule has 0 fully saturated rings. The van der Waals surface area contributed by atoms with Gasteiger partial charge in [0.1, 0.15) is 11.6 Å². The van der Waals surface area contributed by atoms with Crippen LogP contribution < -0.4 is 10.6 Å². The molecule has 27 heavy (non-hydrogen) atoms. The van der Waals surface area contributed by atoms with E-state index in [0.717, 1.165) is 5.56 Å². The van der Waals surface area contributed by atoms with E-state index in [9.17, 15) is 14.0 Å². The van der Waals surface area contributed by atoms with Crippen LogP contribution in [0.4, 0.5) is 15.9 Å². The number of carbonyl (C=O) groups is 2. The summed E-state index contributed by atoms with van der Waals surface area (Å²) in [7, 11) is 0. The van der Waals surface area contributed by atoms with Crippen LogP contribution in [0, 0.1) is 12.7 Å². The first kappa shape index (κ1) is 18.5. The van der Waals surface area contributed by atoms with Gasteiger partial charge in [0.25, 0.3) is 11.8 Å². The van der Waals surface area contributed by atoms with Crippen LogP contribution in [0.25, 0.3) is 0 Å². The minimum absolute atomic E-state index is 0.118. The van der Waals surface area contributed by atoms with E-state index in [4.69, 9.17) is 11.6 Å². The van der Waals surface area contributed by atoms with E-state index in [2.05, 4.69) is 15.6 Å². The third kappa shape index (κ3) is 4.48. The summed E-state index contributed by atoms with van der Waals surface area (Å²) < 4.78 is 13.8. The van der Waals surface area contributed by atoms with Gasteiger partial charge in [0.2, 0.25) is 0 Å². The summed E-state index contributed by atoms with van der Waals surface area (Å²) in [6.45, 7) is 1.88. The Kier molecular flexibility index (Phi) is 5.47. The largest absolute Gasteiger partial charge is 0.321 e. The summed E-state index contributed by atoms with van der Waals surface area (Å²) in [5.74, 6) is -1.31. The molecule has 1 aromatic heterocycles. The second-order valence-electron chi connectivity index (χ2n) is 5.80. The molecule has 0 saturated carbocycles. The Hall–Kier alpha value is -3.25. The molecule has 5 nitrogen and oxygen atoms in total. The lowest BCUT2D eigenvalue weighted by atomic mass is 10.1. The van der Waals surface area contributed by atoms with E-state index in [1.165, 1.54) is 36.4 Å². The number of nitrogens with one attached hydrogen (secondary N) is 2. The van der Waals surface area contributed by atoms with Gasteiger partial charge < -0.3 is 10.6 Å². The predicted molar refractivity (Wildman–Crippen MR) is 103 cm³/mol. The maximum atomic E-state index is 13.8. The quantitative estimate of drug-likeness (QED) is 0.686. The molecule has 3 rings (SSSR count). The van der Waals surface area contributed by atoms with Crippen molar-refractivity contribution < 1.29 is 14.0 Å². The highest BCUT2D eigenvalue weighted by molar-refractivity contribution is 6.34. The fourth-order valence-corrected chi connectivity index (χ4v) is 2.56. The minimum Gasteiger partial charge on any atom is -0.321 e. The fourth-order valence-electron chi connectivity index (χ4n) is 2.39. The van der Waals surface area contributed by atoms with E-state index in [1.54, 1.807) is 18.3 Å². The monoisotopic (exact) mass is 383 g/mol. The fraction of sp³-hybridized carbons (Fsp3) is 0.0500. The van der Waals surface area contributed by atoms with Crippen molar-refractivity contribution in [1.29, 1.82) is 0 Å². The molecule has 0 aliphatic carbocycles. The highest BCUT2D eigenvalue weighted by Crippen LogP contribution is 2.24. The van der Waals surface area contributed by atoms with Crippen LogP contribution in [-0.2, 0) is 0 Å². The van der Waals surface area contributed by atoms with Gasteiger partial charge in [-0.2, -0.15) is 0 Å². The molecule has 0 atom stereocenters. The van der Waals surface area contributed by atoms with E-state index in [1.807, 2.05) is 13.0 Å². The van der Waals surface area contributed by atoms with Crippen molar-refractivity contribution in [2.75, 3.05) is 10.6 Å². The molecule has 2 amide bonds. The molecule has 7 heteroatoms. The van der Waals surface area contributed by atoms with Crippen molar-refractivity contribution >= 4 is 34.9 Å². The lowest BCUT2D eigenvalue weighted by molar-refractivity contribution is 0.101. The van der Waals surface area contributed by atoms with Crippen LogP contribution in [0.2, 0.25) is 5.02 Å². The summed E-state index contributed by atoms with van der Waals surface area (Å²) in [5.41, 5.74) is 1.31. The number of benzene rings is 2. The summed E-state index contributed by atoms with van der Waals surface area (Å²) in [6, 6.07) is 13.6. The van der Waals surface area contributed by atoms with E-state index in [0.29, 0.717) is 5.82 Å². The van der Waals surface area contributed by atoms with Crippen molar-refractivity contribution in [3.05, 3.63) is 88.3 Å². The van der Waals surface area contributed by atoms with Crippen LogP contribution in [0.15, 0.2) is 60.8 Å². The molecule has 2 aromatic carbocycles.